The number of nitrogens with two attached hydrogens (primary N) is 1. The molecule has 0 atom stereocenters. The third kappa shape index (κ3) is 5.59. The molecule has 0 saturated heterocycles. The first-order valence-corrected chi connectivity index (χ1v) is 6.06. The van der Waals surface area contributed by atoms with Crippen LogP contribution in [0.25, 0.3) is 0 Å². The van der Waals surface area contributed by atoms with E-state index in [1.54, 1.807) is 24.3 Å². The van der Waals surface area contributed by atoms with Gasteiger partial charge in [-0.05, 0) is 36.2 Å². The van der Waals surface area contributed by atoms with Crippen LogP contribution in [-0.2, 0) is 9.47 Å². The molecule has 0 spiro atoms. The fourth-order valence-corrected chi connectivity index (χ4v) is 1.39. The molecule has 0 saturated carbocycles. The first-order chi connectivity index (χ1) is 8.76. The Labute approximate surface area is 110 Å². The monoisotopic (exact) mass is 266 g/mol. The molecule has 3 N–H and O–H groups in total. The van der Waals surface area contributed by atoms with Gasteiger partial charge < -0.3 is 9.47 Å². The molecular formula is C12H14N2O3S. The van der Waals surface area contributed by atoms with Gasteiger partial charge in [-0.2, -0.15) is 0 Å². The van der Waals surface area contributed by atoms with E-state index in [4.69, 9.17) is 21.0 Å². The van der Waals surface area contributed by atoms with Gasteiger partial charge in [-0.3, -0.25) is 10.5 Å². The topological polar surface area (TPSA) is 73.6 Å². The lowest BCUT2D eigenvalue weighted by Gasteiger charge is -2.07. The number of hydrogen-bond acceptors (Lipinski definition) is 5. The summed E-state index contributed by atoms with van der Waals surface area (Å²) in [5.74, 6) is 2.32. The van der Waals surface area contributed by atoms with Gasteiger partial charge in [0.1, 0.15) is 13.2 Å². The molecule has 0 aliphatic carbocycles. The largest absolute Gasteiger partial charge is 0.447 e. The van der Waals surface area contributed by atoms with Crippen LogP contribution in [0.15, 0.2) is 29.2 Å². The third-order valence-corrected chi connectivity index (χ3v) is 2.43. The fourth-order valence-electron chi connectivity index (χ4n) is 1.10. The summed E-state index contributed by atoms with van der Waals surface area (Å²) in [6, 6.07) is 7.09. The zero-order valence-electron chi connectivity index (χ0n) is 9.72. The van der Waals surface area contributed by atoms with Crippen LogP contribution >= 0.6 is 11.9 Å². The van der Waals surface area contributed by atoms with E-state index in [0.717, 1.165) is 16.8 Å². The highest BCUT2D eigenvalue weighted by Gasteiger charge is 2.02. The number of amides is 1. The standard InChI is InChI=1S/C12H14N2O3S/c1-2-7-16-8-9-17-12(15)14-10-3-5-11(18-13)6-4-10/h1,3-6H,7-9,13H2,(H,14,15). The predicted molar refractivity (Wildman–Crippen MR) is 71.1 cm³/mol. The van der Waals surface area contributed by atoms with Crippen molar-refractivity contribution in [2.45, 2.75) is 4.90 Å². The second kappa shape index (κ2) is 8.42. The van der Waals surface area contributed by atoms with Crippen molar-refractivity contribution in [2.75, 3.05) is 25.1 Å². The first-order valence-electron chi connectivity index (χ1n) is 5.18. The Balaban J connectivity index is 2.25. The molecule has 96 valence electrons. The lowest BCUT2D eigenvalue weighted by Crippen LogP contribution is -2.16. The highest BCUT2D eigenvalue weighted by atomic mass is 32.2. The van der Waals surface area contributed by atoms with E-state index in [1.807, 2.05) is 0 Å². The molecule has 0 aromatic heterocycles. The molecule has 1 amide bonds. The Morgan fingerprint density at radius 2 is 2.11 bits per heavy atom. The van der Waals surface area contributed by atoms with Gasteiger partial charge in [-0.1, -0.05) is 5.92 Å². The Hall–Kier alpha value is -1.68. The smallest absolute Gasteiger partial charge is 0.411 e. The van der Waals surface area contributed by atoms with Gasteiger partial charge in [-0.25, -0.2) is 4.79 Å². The van der Waals surface area contributed by atoms with E-state index < -0.39 is 6.09 Å². The van der Waals surface area contributed by atoms with Crippen molar-refractivity contribution in [2.24, 2.45) is 5.14 Å². The predicted octanol–water partition coefficient (Wildman–Crippen LogP) is 1.85. The number of nitrogens with one attached hydrogen (secondary N) is 1. The zero-order valence-corrected chi connectivity index (χ0v) is 10.5. The Kier molecular flexibility index (Phi) is 6.72. The normalized spacial score (nSPS) is 9.56. The van der Waals surface area contributed by atoms with Crippen LogP contribution in [0.1, 0.15) is 0 Å². The molecule has 0 heterocycles. The number of benzene rings is 1. The highest BCUT2D eigenvalue weighted by Crippen LogP contribution is 2.15. The average molecular weight is 266 g/mol. The maximum atomic E-state index is 11.3. The summed E-state index contributed by atoms with van der Waals surface area (Å²) < 4.78 is 9.83. The second-order valence-corrected chi connectivity index (χ2v) is 3.87. The van der Waals surface area contributed by atoms with Crippen molar-refractivity contribution in [1.82, 2.24) is 0 Å². The van der Waals surface area contributed by atoms with Crippen LogP contribution in [0, 0.1) is 12.3 Å². The molecule has 0 unspecified atom stereocenters. The minimum atomic E-state index is -0.535. The number of carbonyl (C=O) groups excluding carboxylic acids is 1. The number of carbonyl (C=O) groups is 1. The maximum absolute atomic E-state index is 11.3. The number of hydrogen-bond donors (Lipinski definition) is 2. The van der Waals surface area contributed by atoms with E-state index in [1.165, 1.54) is 0 Å². The van der Waals surface area contributed by atoms with E-state index >= 15 is 0 Å². The molecule has 0 bridgehead atoms. The summed E-state index contributed by atoms with van der Waals surface area (Å²) in [6.45, 7) is 0.647. The number of rotatable bonds is 6. The summed E-state index contributed by atoms with van der Waals surface area (Å²) >= 11 is 1.14. The SMILES string of the molecule is C#CCOCCOC(=O)Nc1ccc(SN)cc1. The number of terminal acetylenes is 1. The number of anilines is 1. The Morgan fingerprint density at radius 3 is 2.72 bits per heavy atom. The fraction of sp³-hybridized carbons (Fsp3) is 0.250. The highest BCUT2D eigenvalue weighted by molar-refractivity contribution is 7.97. The van der Waals surface area contributed by atoms with Gasteiger partial charge in [0, 0.05) is 10.6 Å². The lowest BCUT2D eigenvalue weighted by atomic mass is 10.3. The van der Waals surface area contributed by atoms with Crippen LogP contribution in [0.4, 0.5) is 10.5 Å². The molecule has 5 nitrogen and oxygen atoms in total. The van der Waals surface area contributed by atoms with Gasteiger partial charge in [0.05, 0.1) is 6.61 Å². The first kappa shape index (κ1) is 14.4. The maximum Gasteiger partial charge on any atom is 0.411 e. The summed E-state index contributed by atoms with van der Waals surface area (Å²) in [5, 5.41) is 7.96. The quantitative estimate of drug-likeness (QED) is 0.467. The van der Waals surface area contributed by atoms with E-state index in [0.29, 0.717) is 5.69 Å². The van der Waals surface area contributed by atoms with Gasteiger partial charge in [-0.15, -0.1) is 6.42 Å². The van der Waals surface area contributed by atoms with Gasteiger partial charge in [0.15, 0.2) is 0 Å². The van der Waals surface area contributed by atoms with Crippen LogP contribution < -0.4 is 10.5 Å². The molecular weight excluding hydrogens is 252 g/mol. The van der Waals surface area contributed by atoms with Gasteiger partial charge >= 0.3 is 6.09 Å². The van der Waals surface area contributed by atoms with E-state index in [2.05, 4.69) is 11.2 Å². The van der Waals surface area contributed by atoms with Crippen molar-refractivity contribution in [3.05, 3.63) is 24.3 Å². The molecule has 0 fully saturated rings. The zero-order chi connectivity index (χ0) is 13.2. The molecule has 0 radical (unpaired) electrons. The van der Waals surface area contributed by atoms with Crippen LogP contribution in [0.5, 0.6) is 0 Å². The summed E-state index contributed by atoms with van der Waals surface area (Å²) in [5.41, 5.74) is 0.641. The summed E-state index contributed by atoms with van der Waals surface area (Å²) in [4.78, 5) is 12.3. The molecule has 1 aromatic carbocycles. The van der Waals surface area contributed by atoms with Crippen molar-refractivity contribution in [1.29, 1.82) is 0 Å². The van der Waals surface area contributed by atoms with Gasteiger partial charge in [0.25, 0.3) is 0 Å². The Bertz CT molecular complexity index is 414. The van der Waals surface area contributed by atoms with Crippen LogP contribution in [0.2, 0.25) is 0 Å². The molecule has 0 aliphatic heterocycles. The second-order valence-electron chi connectivity index (χ2n) is 3.16. The van der Waals surface area contributed by atoms with Crippen LogP contribution in [0.3, 0.4) is 0 Å². The minimum absolute atomic E-state index is 0.157. The van der Waals surface area contributed by atoms with Gasteiger partial charge in [0.2, 0.25) is 0 Å². The van der Waals surface area contributed by atoms with Crippen LogP contribution in [-0.4, -0.2) is 25.9 Å². The van der Waals surface area contributed by atoms with Crippen molar-refractivity contribution in [3.63, 3.8) is 0 Å². The van der Waals surface area contributed by atoms with Crippen molar-refractivity contribution >= 4 is 23.7 Å². The third-order valence-electron chi connectivity index (χ3n) is 1.88. The van der Waals surface area contributed by atoms with Crippen molar-refractivity contribution in [3.8, 4) is 12.3 Å². The molecule has 6 heteroatoms. The lowest BCUT2D eigenvalue weighted by molar-refractivity contribution is 0.0943. The Morgan fingerprint density at radius 1 is 1.39 bits per heavy atom. The molecule has 18 heavy (non-hydrogen) atoms. The van der Waals surface area contributed by atoms with E-state index in [9.17, 15) is 4.79 Å². The minimum Gasteiger partial charge on any atom is -0.447 e. The number of ether oxygens (including phenoxy) is 2. The van der Waals surface area contributed by atoms with E-state index in [-0.39, 0.29) is 19.8 Å². The molecule has 0 aliphatic rings. The summed E-state index contributed by atoms with van der Waals surface area (Å²) in [7, 11) is 0. The molecule has 1 rings (SSSR count). The summed E-state index contributed by atoms with van der Waals surface area (Å²) in [6.07, 6.45) is 4.46. The van der Waals surface area contributed by atoms with Crippen molar-refractivity contribution < 1.29 is 14.3 Å². The average Bonchev–Trinajstić information content (AvgIpc) is 2.39. The molecule has 1 aromatic rings.